The van der Waals surface area contributed by atoms with E-state index >= 15 is 0 Å². The predicted octanol–water partition coefficient (Wildman–Crippen LogP) is 2.38. The number of hydrogen-bond acceptors (Lipinski definition) is 5. The Hall–Kier alpha value is -3.32. The quantitative estimate of drug-likeness (QED) is 0.619. The van der Waals surface area contributed by atoms with Gasteiger partial charge in [0, 0.05) is 36.3 Å². The Morgan fingerprint density at radius 2 is 1.97 bits per heavy atom. The summed E-state index contributed by atoms with van der Waals surface area (Å²) in [6.07, 6.45) is 0. The molecule has 0 bridgehead atoms. The maximum absolute atomic E-state index is 12.5. The standard InChI is InChI=1S/C22H24N4O3/c1-14-2-4-18-16(10-14)11-17(22(28)25-18)13-24-19-12-15(21(23)27)3-5-20(19)26-6-8-29-9-7-26/h2-5,10-12,24H,6-9,13H2,1H3,(H2,23,27)(H,25,28). The molecule has 2 aromatic carbocycles. The maximum atomic E-state index is 12.5. The van der Waals surface area contributed by atoms with Crippen LogP contribution in [0.4, 0.5) is 11.4 Å². The van der Waals surface area contributed by atoms with Crippen molar-refractivity contribution in [2.45, 2.75) is 13.5 Å². The molecule has 1 aromatic heterocycles. The SMILES string of the molecule is Cc1ccc2[nH]c(=O)c(CNc3cc(C(N)=O)ccc3N3CCOCC3)cc2c1. The molecule has 1 fully saturated rings. The number of benzene rings is 2. The van der Waals surface area contributed by atoms with Crippen LogP contribution in [0.1, 0.15) is 21.5 Å². The Bertz CT molecular complexity index is 1120. The molecule has 0 saturated carbocycles. The first-order valence-electron chi connectivity index (χ1n) is 9.64. The number of fused-ring (bicyclic) bond motifs is 1. The number of nitrogens with two attached hydrogens (primary N) is 1. The minimum Gasteiger partial charge on any atom is -0.379 e. The normalized spacial score (nSPS) is 14.2. The fraction of sp³-hybridized carbons (Fsp3) is 0.273. The molecule has 29 heavy (non-hydrogen) atoms. The van der Waals surface area contributed by atoms with Crippen LogP contribution in [0, 0.1) is 6.92 Å². The number of morpholine rings is 1. The number of ether oxygens (including phenoxy) is 1. The number of carbonyl (C=O) groups excluding carboxylic acids is 1. The van der Waals surface area contributed by atoms with E-state index < -0.39 is 5.91 Å². The number of primary amides is 1. The van der Waals surface area contributed by atoms with Crippen molar-refractivity contribution in [1.29, 1.82) is 0 Å². The van der Waals surface area contributed by atoms with Gasteiger partial charge < -0.3 is 25.7 Å². The summed E-state index contributed by atoms with van der Waals surface area (Å²) in [7, 11) is 0. The lowest BCUT2D eigenvalue weighted by molar-refractivity contribution is 0.1000. The molecule has 4 N–H and O–H groups in total. The highest BCUT2D eigenvalue weighted by molar-refractivity contribution is 5.95. The molecule has 0 atom stereocenters. The third-order valence-electron chi connectivity index (χ3n) is 5.18. The van der Waals surface area contributed by atoms with Gasteiger partial charge in [-0.1, -0.05) is 11.6 Å². The summed E-state index contributed by atoms with van der Waals surface area (Å²) in [6.45, 7) is 5.19. The second kappa shape index (κ2) is 7.97. The molecule has 0 spiro atoms. The van der Waals surface area contributed by atoms with Crippen molar-refractivity contribution in [2.75, 3.05) is 36.5 Å². The highest BCUT2D eigenvalue weighted by Gasteiger charge is 2.16. The topological polar surface area (TPSA) is 100 Å². The zero-order valence-corrected chi connectivity index (χ0v) is 16.3. The third kappa shape index (κ3) is 4.09. The van der Waals surface area contributed by atoms with E-state index in [0.29, 0.717) is 30.9 Å². The number of anilines is 2. The molecule has 1 aliphatic heterocycles. The summed E-state index contributed by atoms with van der Waals surface area (Å²) in [5, 5.41) is 4.32. The molecule has 2 heterocycles. The molecule has 0 unspecified atom stereocenters. The van der Waals surface area contributed by atoms with Crippen molar-refractivity contribution >= 4 is 28.2 Å². The lowest BCUT2D eigenvalue weighted by Gasteiger charge is -2.31. The predicted molar refractivity (Wildman–Crippen MR) is 115 cm³/mol. The number of aromatic amines is 1. The van der Waals surface area contributed by atoms with Crippen molar-refractivity contribution < 1.29 is 9.53 Å². The zero-order valence-electron chi connectivity index (χ0n) is 16.3. The van der Waals surface area contributed by atoms with Crippen LogP contribution in [0.25, 0.3) is 10.9 Å². The summed E-state index contributed by atoms with van der Waals surface area (Å²) in [5.74, 6) is -0.486. The van der Waals surface area contributed by atoms with E-state index in [2.05, 4.69) is 15.2 Å². The average molecular weight is 392 g/mol. The van der Waals surface area contributed by atoms with E-state index in [-0.39, 0.29) is 5.56 Å². The van der Waals surface area contributed by atoms with Crippen molar-refractivity contribution in [3.63, 3.8) is 0 Å². The number of amides is 1. The number of aryl methyl sites for hydroxylation is 1. The fourth-order valence-electron chi connectivity index (χ4n) is 3.60. The second-order valence-corrected chi connectivity index (χ2v) is 7.26. The Balaban J connectivity index is 1.65. The first-order chi connectivity index (χ1) is 14.0. The number of rotatable bonds is 5. The molecule has 1 saturated heterocycles. The van der Waals surface area contributed by atoms with E-state index in [0.717, 1.165) is 40.9 Å². The molecule has 7 heteroatoms. The molecule has 4 rings (SSSR count). The molecule has 3 aromatic rings. The second-order valence-electron chi connectivity index (χ2n) is 7.26. The Kier molecular flexibility index (Phi) is 5.22. The number of pyridine rings is 1. The maximum Gasteiger partial charge on any atom is 0.253 e. The summed E-state index contributed by atoms with van der Waals surface area (Å²) < 4.78 is 5.44. The summed E-state index contributed by atoms with van der Waals surface area (Å²) in [6, 6.07) is 13.2. The van der Waals surface area contributed by atoms with Crippen LogP contribution in [-0.2, 0) is 11.3 Å². The lowest BCUT2D eigenvalue weighted by Crippen LogP contribution is -2.36. The van der Waals surface area contributed by atoms with Crippen LogP contribution in [-0.4, -0.2) is 37.2 Å². The molecule has 0 radical (unpaired) electrons. The van der Waals surface area contributed by atoms with Gasteiger partial charge in [-0.15, -0.1) is 0 Å². The van der Waals surface area contributed by atoms with Gasteiger partial charge in [-0.2, -0.15) is 0 Å². The zero-order chi connectivity index (χ0) is 20.4. The van der Waals surface area contributed by atoms with Crippen LogP contribution >= 0.6 is 0 Å². The molecule has 150 valence electrons. The van der Waals surface area contributed by atoms with Gasteiger partial charge in [0.05, 0.1) is 24.6 Å². The molecular formula is C22H24N4O3. The van der Waals surface area contributed by atoms with Gasteiger partial charge in [-0.25, -0.2) is 0 Å². The van der Waals surface area contributed by atoms with Crippen molar-refractivity contribution in [1.82, 2.24) is 4.98 Å². The number of nitrogens with one attached hydrogen (secondary N) is 2. The molecule has 0 aliphatic carbocycles. The highest BCUT2D eigenvalue weighted by Crippen LogP contribution is 2.28. The van der Waals surface area contributed by atoms with Crippen LogP contribution in [0.15, 0.2) is 47.3 Å². The van der Waals surface area contributed by atoms with Gasteiger partial charge in [0.15, 0.2) is 0 Å². The lowest BCUT2D eigenvalue weighted by atomic mass is 10.1. The first-order valence-corrected chi connectivity index (χ1v) is 9.64. The number of hydrogen-bond donors (Lipinski definition) is 3. The van der Waals surface area contributed by atoms with Gasteiger partial charge in [0.25, 0.3) is 5.56 Å². The van der Waals surface area contributed by atoms with Gasteiger partial charge >= 0.3 is 0 Å². The van der Waals surface area contributed by atoms with E-state index in [1.807, 2.05) is 37.3 Å². The van der Waals surface area contributed by atoms with Crippen LogP contribution in [0.5, 0.6) is 0 Å². The van der Waals surface area contributed by atoms with Gasteiger partial charge in [-0.3, -0.25) is 9.59 Å². The molecular weight excluding hydrogens is 368 g/mol. The fourth-order valence-corrected chi connectivity index (χ4v) is 3.60. The monoisotopic (exact) mass is 392 g/mol. The Labute approximate surface area is 168 Å². The highest BCUT2D eigenvalue weighted by atomic mass is 16.5. The minimum absolute atomic E-state index is 0.132. The van der Waals surface area contributed by atoms with Crippen molar-refractivity contribution in [3.05, 3.63) is 69.5 Å². The first kappa shape index (κ1) is 19.0. The molecule has 7 nitrogen and oxygen atoms in total. The van der Waals surface area contributed by atoms with Crippen molar-refractivity contribution in [2.24, 2.45) is 5.73 Å². The van der Waals surface area contributed by atoms with E-state index in [1.165, 1.54) is 0 Å². The molecule has 1 aliphatic rings. The molecule has 1 amide bonds. The van der Waals surface area contributed by atoms with Crippen LogP contribution in [0.2, 0.25) is 0 Å². The number of carbonyl (C=O) groups is 1. The number of aromatic nitrogens is 1. The van der Waals surface area contributed by atoms with Crippen LogP contribution in [0.3, 0.4) is 0 Å². The van der Waals surface area contributed by atoms with E-state index in [9.17, 15) is 9.59 Å². The summed E-state index contributed by atoms with van der Waals surface area (Å²) in [4.78, 5) is 29.3. The van der Waals surface area contributed by atoms with Gasteiger partial charge in [0.1, 0.15) is 0 Å². The third-order valence-corrected chi connectivity index (χ3v) is 5.18. The Morgan fingerprint density at radius 1 is 1.17 bits per heavy atom. The van der Waals surface area contributed by atoms with Gasteiger partial charge in [0.2, 0.25) is 5.91 Å². The largest absolute Gasteiger partial charge is 0.379 e. The van der Waals surface area contributed by atoms with Crippen molar-refractivity contribution in [3.8, 4) is 0 Å². The van der Waals surface area contributed by atoms with Gasteiger partial charge in [-0.05, 0) is 48.7 Å². The van der Waals surface area contributed by atoms with E-state index in [1.54, 1.807) is 12.1 Å². The van der Waals surface area contributed by atoms with E-state index in [4.69, 9.17) is 10.5 Å². The Morgan fingerprint density at radius 3 is 2.72 bits per heavy atom. The van der Waals surface area contributed by atoms with Crippen LogP contribution < -0.4 is 21.5 Å². The smallest absolute Gasteiger partial charge is 0.253 e. The summed E-state index contributed by atoms with van der Waals surface area (Å²) >= 11 is 0. The number of nitrogens with zero attached hydrogens (tertiary/aromatic N) is 1. The summed E-state index contributed by atoms with van der Waals surface area (Å²) in [5.41, 5.74) is 10.1. The number of H-pyrrole nitrogens is 1. The average Bonchev–Trinajstić information content (AvgIpc) is 2.73. The minimum atomic E-state index is -0.486.